The van der Waals surface area contributed by atoms with E-state index in [0.29, 0.717) is 18.5 Å². The molecule has 5 heteroatoms. The van der Waals surface area contributed by atoms with Crippen LogP contribution in [0.25, 0.3) is 0 Å². The topological polar surface area (TPSA) is 56.1 Å². The molecule has 16 heavy (non-hydrogen) atoms. The summed E-state index contributed by atoms with van der Waals surface area (Å²) in [6.07, 6.45) is 2.64. The van der Waals surface area contributed by atoms with Gasteiger partial charge in [-0.25, -0.2) is 8.42 Å². The van der Waals surface area contributed by atoms with Crippen molar-refractivity contribution in [3.8, 4) is 0 Å². The highest BCUT2D eigenvalue weighted by molar-refractivity contribution is 7.90. The second-order valence-corrected chi connectivity index (χ2v) is 6.34. The summed E-state index contributed by atoms with van der Waals surface area (Å²) in [6, 6.07) is 1.82. The third-order valence-electron chi connectivity index (χ3n) is 2.64. The summed E-state index contributed by atoms with van der Waals surface area (Å²) < 4.78 is 24.0. The number of hydrogen-bond acceptors (Lipinski definition) is 3. The number of hydrogen-bond donors (Lipinski definition) is 0. The third kappa shape index (κ3) is 3.20. The third-order valence-corrected chi connectivity index (χ3v) is 3.67. The predicted molar refractivity (Wildman–Crippen MR) is 63.6 cm³/mol. The number of aryl methyl sites for hydroxylation is 1. The average molecular weight is 243 g/mol. The number of aldehydes is 1. The van der Waals surface area contributed by atoms with Gasteiger partial charge in [-0.05, 0) is 26.3 Å². The van der Waals surface area contributed by atoms with Crippen LogP contribution in [-0.4, -0.2) is 31.3 Å². The second kappa shape index (κ2) is 4.82. The van der Waals surface area contributed by atoms with Gasteiger partial charge in [0.25, 0.3) is 0 Å². The smallest absolute Gasteiger partial charge is 0.151 e. The van der Waals surface area contributed by atoms with E-state index in [1.165, 1.54) is 6.26 Å². The monoisotopic (exact) mass is 243 g/mol. The molecule has 0 aliphatic heterocycles. The van der Waals surface area contributed by atoms with Crippen molar-refractivity contribution in [1.82, 2.24) is 4.57 Å². The lowest BCUT2D eigenvalue weighted by molar-refractivity contribution is 0.112. The Morgan fingerprint density at radius 1 is 1.38 bits per heavy atom. The first-order chi connectivity index (χ1) is 7.35. The van der Waals surface area contributed by atoms with E-state index in [2.05, 4.69) is 0 Å². The summed E-state index contributed by atoms with van der Waals surface area (Å²) in [6.45, 7) is 4.43. The van der Waals surface area contributed by atoms with Crippen molar-refractivity contribution in [3.05, 3.63) is 23.0 Å². The van der Waals surface area contributed by atoms with Crippen LogP contribution in [-0.2, 0) is 16.4 Å². The van der Waals surface area contributed by atoms with Crippen LogP contribution in [0.4, 0.5) is 0 Å². The normalized spacial score (nSPS) is 11.7. The minimum Gasteiger partial charge on any atom is -0.348 e. The highest BCUT2D eigenvalue weighted by Gasteiger charge is 2.09. The fraction of sp³-hybridized carbons (Fsp3) is 0.545. The van der Waals surface area contributed by atoms with E-state index in [0.717, 1.165) is 17.7 Å². The van der Waals surface area contributed by atoms with Gasteiger partial charge in [-0.15, -0.1) is 0 Å². The molecule has 0 spiro atoms. The molecule has 1 rings (SSSR count). The molecule has 1 aromatic rings. The van der Waals surface area contributed by atoms with Crippen molar-refractivity contribution in [2.45, 2.75) is 26.8 Å². The quantitative estimate of drug-likeness (QED) is 0.734. The van der Waals surface area contributed by atoms with Crippen molar-refractivity contribution in [2.75, 3.05) is 12.0 Å². The average Bonchev–Trinajstić information content (AvgIpc) is 2.42. The largest absolute Gasteiger partial charge is 0.348 e. The fourth-order valence-corrected chi connectivity index (χ4v) is 2.43. The molecule has 0 radical (unpaired) electrons. The number of nitrogens with zero attached hydrogens (tertiary/aromatic N) is 1. The van der Waals surface area contributed by atoms with E-state index in [1.807, 2.05) is 24.5 Å². The summed E-state index contributed by atoms with van der Waals surface area (Å²) in [4.78, 5) is 10.7. The van der Waals surface area contributed by atoms with Gasteiger partial charge in [-0.1, -0.05) is 0 Å². The second-order valence-electron chi connectivity index (χ2n) is 4.08. The molecule has 0 bridgehead atoms. The van der Waals surface area contributed by atoms with Gasteiger partial charge in [0, 0.05) is 29.8 Å². The maximum absolute atomic E-state index is 11.0. The van der Waals surface area contributed by atoms with Crippen molar-refractivity contribution in [2.24, 2.45) is 0 Å². The molecule has 0 amide bonds. The highest BCUT2D eigenvalue weighted by atomic mass is 32.2. The molecule has 4 nitrogen and oxygen atoms in total. The van der Waals surface area contributed by atoms with Crippen LogP contribution in [0.15, 0.2) is 6.07 Å². The zero-order valence-electron chi connectivity index (χ0n) is 9.86. The summed E-state index contributed by atoms with van der Waals surface area (Å²) in [5, 5.41) is 0. The van der Waals surface area contributed by atoms with E-state index in [1.54, 1.807) is 0 Å². The van der Waals surface area contributed by atoms with E-state index >= 15 is 0 Å². The minimum atomic E-state index is -2.90. The van der Waals surface area contributed by atoms with Crippen molar-refractivity contribution in [3.63, 3.8) is 0 Å². The number of carbonyl (C=O) groups excluding carboxylic acids is 1. The first-order valence-corrected chi connectivity index (χ1v) is 7.21. The molecule has 0 aliphatic rings. The van der Waals surface area contributed by atoms with Crippen LogP contribution in [0, 0.1) is 13.8 Å². The van der Waals surface area contributed by atoms with Gasteiger partial charge < -0.3 is 4.57 Å². The molecule has 1 aromatic heterocycles. The first kappa shape index (κ1) is 13.0. The Hall–Kier alpha value is -1.10. The number of rotatable bonds is 5. The van der Waals surface area contributed by atoms with Crippen LogP contribution in [0.1, 0.15) is 28.2 Å². The molecule has 0 aliphatic carbocycles. The van der Waals surface area contributed by atoms with Crippen LogP contribution in [0.2, 0.25) is 0 Å². The molecule has 90 valence electrons. The summed E-state index contributed by atoms with van der Waals surface area (Å²) in [5.41, 5.74) is 2.57. The molecule has 0 saturated heterocycles. The molecule has 1 heterocycles. The van der Waals surface area contributed by atoms with Gasteiger partial charge >= 0.3 is 0 Å². The van der Waals surface area contributed by atoms with Crippen molar-refractivity contribution >= 4 is 16.1 Å². The van der Waals surface area contributed by atoms with Crippen LogP contribution >= 0.6 is 0 Å². The Bertz CT molecular complexity index is 486. The standard InChI is InChI=1S/C11H17NO3S/c1-9-7-11(8-13)10(2)12(9)5-4-6-16(3,14)15/h7-8H,4-6H2,1-3H3. The molecule has 0 N–H and O–H groups in total. The van der Waals surface area contributed by atoms with Gasteiger partial charge in [0.2, 0.25) is 0 Å². The zero-order chi connectivity index (χ0) is 12.3. The molecule has 0 aromatic carbocycles. The van der Waals surface area contributed by atoms with E-state index < -0.39 is 9.84 Å². The van der Waals surface area contributed by atoms with Crippen LogP contribution < -0.4 is 0 Å². The van der Waals surface area contributed by atoms with Gasteiger partial charge in [0.1, 0.15) is 9.84 Å². The maximum atomic E-state index is 11.0. The molecular weight excluding hydrogens is 226 g/mol. The lowest BCUT2D eigenvalue weighted by atomic mass is 10.3. The van der Waals surface area contributed by atoms with Gasteiger partial charge in [-0.3, -0.25) is 4.79 Å². The molecule has 0 unspecified atom stereocenters. The van der Waals surface area contributed by atoms with Crippen LogP contribution in [0.5, 0.6) is 0 Å². The molecule has 0 atom stereocenters. The van der Waals surface area contributed by atoms with E-state index in [4.69, 9.17) is 0 Å². The predicted octanol–water partition coefficient (Wildman–Crippen LogP) is 1.35. The summed E-state index contributed by atoms with van der Waals surface area (Å²) >= 11 is 0. The van der Waals surface area contributed by atoms with E-state index in [-0.39, 0.29) is 5.75 Å². The minimum absolute atomic E-state index is 0.181. The molecule has 0 fully saturated rings. The molecular formula is C11H17NO3S. The Morgan fingerprint density at radius 3 is 2.44 bits per heavy atom. The zero-order valence-corrected chi connectivity index (χ0v) is 10.7. The SMILES string of the molecule is Cc1cc(C=O)c(C)n1CCCS(C)(=O)=O. The Labute approximate surface area is 96.2 Å². The lowest BCUT2D eigenvalue weighted by Crippen LogP contribution is -2.09. The summed E-state index contributed by atoms with van der Waals surface area (Å²) in [5.74, 6) is 0.181. The van der Waals surface area contributed by atoms with Gasteiger partial charge in [0.05, 0.1) is 5.75 Å². The van der Waals surface area contributed by atoms with E-state index in [9.17, 15) is 13.2 Å². The number of sulfone groups is 1. The highest BCUT2D eigenvalue weighted by Crippen LogP contribution is 2.13. The van der Waals surface area contributed by atoms with Crippen LogP contribution in [0.3, 0.4) is 0 Å². The fourth-order valence-electron chi connectivity index (χ4n) is 1.78. The Morgan fingerprint density at radius 2 is 2.00 bits per heavy atom. The lowest BCUT2D eigenvalue weighted by Gasteiger charge is -2.08. The number of carbonyl (C=O) groups is 1. The first-order valence-electron chi connectivity index (χ1n) is 5.15. The van der Waals surface area contributed by atoms with Gasteiger partial charge in [0.15, 0.2) is 6.29 Å². The Balaban J connectivity index is 2.74. The number of aromatic nitrogens is 1. The molecule has 0 saturated carbocycles. The Kier molecular flexibility index (Phi) is 3.91. The van der Waals surface area contributed by atoms with Gasteiger partial charge in [-0.2, -0.15) is 0 Å². The summed E-state index contributed by atoms with van der Waals surface area (Å²) in [7, 11) is -2.90. The van der Waals surface area contributed by atoms with Crippen molar-refractivity contribution < 1.29 is 13.2 Å². The van der Waals surface area contributed by atoms with Crippen molar-refractivity contribution in [1.29, 1.82) is 0 Å². The maximum Gasteiger partial charge on any atom is 0.151 e.